The van der Waals surface area contributed by atoms with Crippen molar-refractivity contribution < 1.29 is 23.8 Å². The molecule has 0 bridgehead atoms. The summed E-state index contributed by atoms with van der Waals surface area (Å²) in [7, 11) is 3.06. The van der Waals surface area contributed by atoms with Crippen molar-refractivity contribution in [2.24, 2.45) is 0 Å². The summed E-state index contributed by atoms with van der Waals surface area (Å²) in [6, 6.07) is 5.97. The van der Waals surface area contributed by atoms with E-state index in [9.17, 15) is 9.59 Å². The molecule has 2 aliphatic rings. The summed E-state index contributed by atoms with van der Waals surface area (Å²) in [6.07, 6.45) is 3.45. The number of nitrogens with one attached hydrogen (secondary N) is 2. The quantitative estimate of drug-likeness (QED) is 0.540. The lowest BCUT2D eigenvalue weighted by Crippen LogP contribution is -2.52. The average Bonchev–Trinajstić information content (AvgIpc) is 2.88. The van der Waals surface area contributed by atoms with Gasteiger partial charge in [-0.2, -0.15) is 0 Å². The molecular formula is C24H30N6O5. The van der Waals surface area contributed by atoms with Gasteiger partial charge in [0.15, 0.2) is 11.5 Å². The fraction of sp³-hybridized carbons (Fsp3) is 0.417. The minimum absolute atomic E-state index is 0.210. The van der Waals surface area contributed by atoms with Crippen molar-refractivity contribution in [1.29, 1.82) is 0 Å². The van der Waals surface area contributed by atoms with Crippen LogP contribution in [0.25, 0.3) is 0 Å². The molecule has 35 heavy (non-hydrogen) atoms. The maximum Gasteiger partial charge on any atom is 0.338 e. The summed E-state index contributed by atoms with van der Waals surface area (Å²) in [5.41, 5.74) is 1.45. The molecule has 4 rings (SSSR count). The van der Waals surface area contributed by atoms with Gasteiger partial charge in [-0.05, 0) is 19.1 Å². The molecule has 1 fully saturated rings. The van der Waals surface area contributed by atoms with Crippen LogP contribution in [0.3, 0.4) is 0 Å². The number of amides is 2. The van der Waals surface area contributed by atoms with E-state index in [0.29, 0.717) is 53.9 Å². The summed E-state index contributed by atoms with van der Waals surface area (Å²) < 4.78 is 16.4. The van der Waals surface area contributed by atoms with Crippen molar-refractivity contribution in [3.8, 4) is 11.5 Å². The first kappa shape index (κ1) is 24.3. The second kappa shape index (κ2) is 11.0. The van der Waals surface area contributed by atoms with E-state index in [-0.39, 0.29) is 6.61 Å². The van der Waals surface area contributed by atoms with E-state index in [1.165, 1.54) is 14.2 Å². The monoisotopic (exact) mass is 482 g/mol. The average molecular weight is 483 g/mol. The lowest BCUT2D eigenvalue weighted by molar-refractivity contribution is -0.139. The Hall–Kier alpha value is -3.86. The van der Waals surface area contributed by atoms with Crippen molar-refractivity contribution in [1.82, 2.24) is 25.5 Å². The number of anilines is 1. The minimum atomic E-state index is -0.762. The molecule has 1 unspecified atom stereocenters. The number of urea groups is 1. The van der Waals surface area contributed by atoms with Crippen molar-refractivity contribution in [2.45, 2.75) is 13.0 Å². The molecule has 2 N–H and O–H groups in total. The van der Waals surface area contributed by atoms with Gasteiger partial charge in [0.25, 0.3) is 0 Å². The zero-order valence-electron chi connectivity index (χ0n) is 20.1. The van der Waals surface area contributed by atoms with E-state index in [1.54, 1.807) is 43.6 Å². The van der Waals surface area contributed by atoms with E-state index in [4.69, 9.17) is 14.2 Å². The summed E-state index contributed by atoms with van der Waals surface area (Å²) in [6.45, 7) is 5.23. The number of esters is 1. The molecule has 1 aromatic carbocycles. The third-order valence-electron chi connectivity index (χ3n) is 5.98. The Morgan fingerprint density at radius 2 is 1.83 bits per heavy atom. The Morgan fingerprint density at radius 1 is 1.09 bits per heavy atom. The van der Waals surface area contributed by atoms with Crippen LogP contribution in [0.2, 0.25) is 0 Å². The number of benzene rings is 1. The van der Waals surface area contributed by atoms with Crippen molar-refractivity contribution >= 4 is 17.9 Å². The number of nitrogens with zero attached hydrogens (tertiary/aromatic N) is 4. The Bertz CT molecular complexity index is 1090. The summed E-state index contributed by atoms with van der Waals surface area (Å²) in [5.74, 6) is 1.14. The topological polar surface area (TPSA) is 118 Å². The Kier molecular flexibility index (Phi) is 7.66. The number of rotatable bonds is 8. The van der Waals surface area contributed by atoms with E-state index in [2.05, 4.69) is 30.4 Å². The number of hydrogen-bond donors (Lipinski definition) is 2. The lowest BCUT2D eigenvalue weighted by Gasteiger charge is -2.37. The number of ether oxygens (including phenoxy) is 3. The van der Waals surface area contributed by atoms with Crippen LogP contribution in [0.5, 0.6) is 11.5 Å². The molecule has 1 aromatic heterocycles. The number of hydrogen-bond acceptors (Lipinski definition) is 9. The van der Waals surface area contributed by atoms with Crippen LogP contribution < -0.4 is 25.0 Å². The molecule has 3 heterocycles. The van der Waals surface area contributed by atoms with E-state index in [0.717, 1.165) is 13.1 Å². The minimum Gasteiger partial charge on any atom is -0.493 e. The van der Waals surface area contributed by atoms with E-state index < -0.39 is 18.0 Å². The number of carbonyl (C=O) groups excluding carboxylic acids is 2. The highest BCUT2D eigenvalue weighted by molar-refractivity contribution is 5.95. The summed E-state index contributed by atoms with van der Waals surface area (Å²) in [5, 5.41) is 5.69. The first-order valence-corrected chi connectivity index (χ1v) is 11.5. The maximum atomic E-state index is 13.1. The molecule has 0 saturated carbocycles. The third-order valence-corrected chi connectivity index (χ3v) is 5.98. The molecule has 11 heteroatoms. The molecule has 11 nitrogen and oxygen atoms in total. The summed E-state index contributed by atoms with van der Waals surface area (Å²) in [4.78, 5) is 38.8. The van der Waals surface area contributed by atoms with E-state index >= 15 is 0 Å². The zero-order chi connectivity index (χ0) is 24.8. The van der Waals surface area contributed by atoms with Crippen LogP contribution in [-0.2, 0) is 9.53 Å². The van der Waals surface area contributed by atoms with Gasteiger partial charge in [-0.25, -0.2) is 19.6 Å². The van der Waals surface area contributed by atoms with Gasteiger partial charge >= 0.3 is 12.0 Å². The van der Waals surface area contributed by atoms with Gasteiger partial charge < -0.3 is 29.7 Å². The highest BCUT2D eigenvalue weighted by Gasteiger charge is 2.36. The van der Waals surface area contributed by atoms with Gasteiger partial charge in [0.05, 0.1) is 32.4 Å². The molecule has 0 spiro atoms. The van der Waals surface area contributed by atoms with Gasteiger partial charge in [0, 0.05) is 56.4 Å². The first-order chi connectivity index (χ1) is 17.0. The molecule has 186 valence electrons. The number of carbonyl (C=O) groups is 2. The highest BCUT2D eigenvalue weighted by atomic mass is 16.5. The van der Waals surface area contributed by atoms with Crippen LogP contribution in [0, 0.1) is 0 Å². The van der Waals surface area contributed by atoms with E-state index in [1.807, 2.05) is 0 Å². The summed E-state index contributed by atoms with van der Waals surface area (Å²) >= 11 is 0. The predicted molar refractivity (Wildman–Crippen MR) is 128 cm³/mol. The number of para-hydroxylation sites is 1. The van der Waals surface area contributed by atoms with Crippen LogP contribution in [0.4, 0.5) is 10.7 Å². The van der Waals surface area contributed by atoms with Crippen LogP contribution >= 0.6 is 0 Å². The Balaban J connectivity index is 1.63. The van der Waals surface area contributed by atoms with Gasteiger partial charge in [0.2, 0.25) is 5.95 Å². The molecule has 2 aliphatic heterocycles. The number of methoxy groups -OCH3 is 2. The highest BCUT2D eigenvalue weighted by Crippen LogP contribution is 2.39. The number of piperazine rings is 1. The Morgan fingerprint density at radius 3 is 2.49 bits per heavy atom. The van der Waals surface area contributed by atoms with Crippen LogP contribution in [0.15, 0.2) is 47.9 Å². The normalized spacial score (nSPS) is 18.5. The first-order valence-electron chi connectivity index (χ1n) is 11.5. The molecule has 0 aliphatic carbocycles. The van der Waals surface area contributed by atoms with Gasteiger partial charge in [-0.3, -0.25) is 4.90 Å². The van der Waals surface area contributed by atoms with Crippen molar-refractivity contribution in [3.05, 3.63) is 53.5 Å². The smallest absolute Gasteiger partial charge is 0.338 e. The molecule has 2 aromatic rings. The Labute approximate surface area is 204 Å². The third kappa shape index (κ3) is 5.29. The molecule has 1 atom stereocenters. The fourth-order valence-electron chi connectivity index (χ4n) is 4.35. The van der Waals surface area contributed by atoms with Gasteiger partial charge in [0.1, 0.15) is 0 Å². The second-order valence-corrected chi connectivity index (χ2v) is 8.04. The largest absolute Gasteiger partial charge is 0.493 e. The van der Waals surface area contributed by atoms with Crippen LogP contribution in [-0.4, -0.2) is 80.4 Å². The van der Waals surface area contributed by atoms with Gasteiger partial charge in [-0.15, -0.1) is 0 Å². The van der Waals surface area contributed by atoms with Crippen molar-refractivity contribution in [3.63, 3.8) is 0 Å². The fourth-order valence-corrected chi connectivity index (χ4v) is 4.35. The second-order valence-electron chi connectivity index (χ2n) is 8.04. The molecule has 0 radical (unpaired) electrons. The van der Waals surface area contributed by atoms with Gasteiger partial charge in [-0.1, -0.05) is 12.1 Å². The molecular weight excluding hydrogens is 452 g/mol. The van der Waals surface area contributed by atoms with Crippen LogP contribution in [0.1, 0.15) is 18.5 Å². The molecule has 2 amide bonds. The molecule has 1 saturated heterocycles. The SMILES string of the molecule is CCOC(=O)C1=C(CN2CCN(c3ncccn3)CC2)NC(=O)NC1c1cccc(OC)c1OC. The van der Waals surface area contributed by atoms with Crippen molar-refractivity contribution in [2.75, 3.05) is 58.5 Å². The zero-order valence-corrected chi connectivity index (χ0v) is 20.1. The number of aromatic nitrogens is 2. The maximum absolute atomic E-state index is 13.1. The standard InChI is InChI=1S/C24H30N6O5/c1-4-35-22(31)19-17(15-29-11-13-30(14-12-29)23-25-9-6-10-26-23)27-24(32)28-20(19)16-7-5-8-18(33-2)21(16)34-3/h5-10,20H,4,11-15H2,1-3H3,(H2,27,28,32). The predicted octanol–water partition coefficient (Wildman–Crippen LogP) is 1.49. The lowest BCUT2D eigenvalue weighted by atomic mass is 9.93.